The van der Waals surface area contributed by atoms with Crippen molar-refractivity contribution < 1.29 is 0 Å². The van der Waals surface area contributed by atoms with Gasteiger partial charge in [0.05, 0.1) is 0 Å². The van der Waals surface area contributed by atoms with Crippen molar-refractivity contribution in [1.29, 1.82) is 0 Å². The third-order valence-electron chi connectivity index (χ3n) is 4.45. The lowest BCUT2D eigenvalue weighted by Gasteiger charge is -2.34. The third-order valence-corrected chi connectivity index (χ3v) is 4.45. The molecule has 0 aromatic rings. The van der Waals surface area contributed by atoms with Crippen LogP contribution in [0.2, 0.25) is 0 Å². The summed E-state index contributed by atoms with van der Waals surface area (Å²) in [5, 5.41) is 3.84. The highest BCUT2D eigenvalue weighted by molar-refractivity contribution is 4.82. The van der Waals surface area contributed by atoms with Crippen molar-refractivity contribution in [2.24, 2.45) is 17.3 Å². The summed E-state index contributed by atoms with van der Waals surface area (Å²) in [6, 6.07) is 1.45. The van der Waals surface area contributed by atoms with Gasteiger partial charge in [0.1, 0.15) is 0 Å². The Labute approximate surface area is 109 Å². The first-order valence-corrected chi connectivity index (χ1v) is 7.54. The van der Waals surface area contributed by atoms with Gasteiger partial charge in [-0.2, -0.15) is 0 Å². The molecule has 1 heteroatoms. The van der Waals surface area contributed by atoms with Crippen LogP contribution < -0.4 is 5.32 Å². The average Bonchev–Trinajstić information content (AvgIpc) is 2.20. The summed E-state index contributed by atoms with van der Waals surface area (Å²) in [5.74, 6) is 1.83. The maximum Gasteiger partial charge on any atom is 0.00722 e. The molecule has 0 radical (unpaired) electrons. The zero-order valence-electron chi connectivity index (χ0n) is 12.8. The van der Waals surface area contributed by atoms with Crippen molar-refractivity contribution in [2.75, 3.05) is 0 Å². The Morgan fingerprint density at radius 1 is 1.12 bits per heavy atom. The van der Waals surface area contributed by atoms with E-state index >= 15 is 0 Å². The number of nitrogens with one attached hydrogen (secondary N) is 1. The first kappa shape index (κ1) is 15.0. The molecule has 4 unspecified atom stereocenters. The molecule has 1 nitrogen and oxygen atoms in total. The fourth-order valence-corrected chi connectivity index (χ4v) is 2.83. The van der Waals surface area contributed by atoms with E-state index in [9.17, 15) is 0 Å². The Balaban J connectivity index is 2.25. The SMILES string of the molecule is CC(CCC(C)(C)C)NC1CCC(C)C(C)C1. The maximum atomic E-state index is 3.84. The first-order valence-electron chi connectivity index (χ1n) is 7.54. The molecular weight excluding hydrogens is 206 g/mol. The Bertz CT molecular complexity index is 216. The molecule has 17 heavy (non-hydrogen) atoms. The van der Waals surface area contributed by atoms with Crippen molar-refractivity contribution in [2.45, 2.75) is 85.7 Å². The van der Waals surface area contributed by atoms with Gasteiger partial charge in [-0.1, -0.05) is 34.6 Å². The van der Waals surface area contributed by atoms with E-state index in [0.717, 1.165) is 17.9 Å². The molecule has 1 rings (SSSR count). The second-order valence-electron chi connectivity index (χ2n) is 7.63. The van der Waals surface area contributed by atoms with Crippen molar-refractivity contribution in [3.05, 3.63) is 0 Å². The van der Waals surface area contributed by atoms with Crippen LogP contribution in [0.4, 0.5) is 0 Å². The van der Waals surface area contributed by atoms with Gasteiger partial charge in [0.2, 0.25) is 0 Å². The highest BCUT2D eigenvalue weighted by Gasteiger charge is 2.25. The van der Waals surface area contributed by atoms with Crippen molar-refractivity contribution in [3.8, 4) is 0 Å². The number of hydrogen-bond donors (Lipinski definition) is 1. The zero-order valence-corrected chi connectivity index (χ0v) is 12.8. The van der Waals surface area contributed by atoms with Crippen LogP contribution in [0.25, 0.3) is 0 Å². The summed E-state index contributed by atoms with van der Waals surface area (Å²) in [7, 11) is 0. The summed E-state index contributed by atoms with van der Waals surface area (Å²) in [4.78, 5) is 0. The molecule has 0 aromatic heterocycles. The second-order valence-corrected chi connectivity index (χ2v) is 7.63. The summed E-state index contributed by atoms with van der Waals surface area (Å²) < 4.78 is 0. The fourth-order valence-electron chi connectivity index (χ4n) is 2.83. The van der Waals surface area contributed by atoms with E-state index in [2.05, 4.69) is 46.9 Å². The Kier molecular flexibility index (Phi) is 5.50. The van der Waals surface area contributed by atoms with Gasteiger partial charge in [0.25, 0.3) is 0 Å². The lowest BCUT2D eigenvalue weighted by Crippen LogP contribution is -2.41. The predicted octanol–water partition coefficient (Wildman–Crippen LogP) is 4.62. The number of hydrogen-bond acceptors (Lipinski definition) is 1. The van der Waals surface area contributed by atoms with Crippen LogP contribution in [0.3, 0.4) is 0 Å². The van der Waals surface area contributed by atoms with Gasteiger partial charge in [-0.15, -0.1) is 0 Å². The highest BCUT2D eigenvalue weighted by Crippen LogP contribution is 2.30. The predicted molar refractivity (Wildman–Crippen MR) is 77.3 cm³/mol. The van der Waals surface area contributed by atoms with Gasteiger partial charge in [0.15, 0.2) is 0 Å². The maximum absolute atomic E-state index is 3.84. The summed E-state index contributed by atoms with van der Waals surface area (Å²) in [5.41, 5.74) is 0.476. The van der Waals surface area contributed by atoms with E-state index in [-0.39, 0.29) is 0 Å². The van der Waals surface area contributed by atoms with Crippen LogP contribution in [0, 0.1) is 17.3 Å². The lowest BCUT2D eigenvalue weighted by atomic mass is 9.79. The van der Waals surface area contributed by atoms with E-state index < -0.39 is 0 Å². The average molecular weight is 239 g/mol. The van der Waals surface area contributed by atoms with Gasteiger partial charge in [0, 0.05) is 12.1 Å². The lowest BCUT2D eigenvalue weighted by molar-refractivity contribution is 0.210. The van der Waals surface area contributed by atoms with E-state index in [1.807, 2.05) is 0 Å². The van der Waals surface area contributed by atoms with Gasteiger partial charge >= 0.3 is 0 Å². The van der Waals surface area contributed by atoms with Gasteiger partial charge in [-0.25, -0.2) is 0 Å². The largest absolute Gasteiger partial charge is 0.311 e. The van der Waals surface area contributed by atoms with E-state index in [1.165, 1.54) is 32.1 Å². The van der Waals surface area contributed by atoms with Crippen LogP contribution >= 0.6 is 0 Å². The minimum Gasteiger partial charge on any atom is -0.311 e. The van der Waals surface area contributed by atoms with Crippen LogP contribution in [0.15, 0.2) is 0 Å². The molecule has 1 saturated carbocycles. The van der Waals surface area contributed by atoms with Crippen molar-refractivity contribution >= 4 is 0 Å². The highest BCUT2D eigenvalue weighted by atomic mass is 14.9. The molecule has 1 aliphatic carbocycles. The van der Waals surface area contributed by atoms with Gasteiger partial charge in [-0.05, 0) is 56.3 Å². The van der Waals surface area contributed by atoms with Crippen LogP contribution in [-0.2, 0) is 0 Å². The van der Waals surface area contributed by atoms with Gasteiger partial charge in [-0.3, -0.25) is 0 Å². The molecule has 4 atom stereocenters. The first-order chi connectivity index (χ1) is 7.78. The van der Waals surface area contributed by atoms with Crippen LogP contribution in [0.1, 0.15) is 73.6 Å². The molecule has 0 saturated heterocycles. The standard InChI is InChI=1S/C16H33N/c1-12-7-8-15(11-13(12)2)17-14(3)9-10-16(4,5)6/h12-15,17H,7-11H2,1-6H3. The minimum absolute atomic E-state index is 0.476. The van der Waals surface area contributed by atoms with Crippen molar-refractivity contribution in [3.63, 3.8) is 0 Å². The monoisotopic (exact) mass is 239 g/mol. The molecule has 1 fully saturated rings. The van der Waals surface area contributed by atoms with E-state index in [4.69, 9.17) is 0 Å². The third kappa shape index (κ3) is 5.90. The molecule has 0 aromatic carbocycles. The van der Waals surface area contributed by atoms with Crippen LogP contribution in [-0.4, -0.2) is 12.1 Å². The molecule has 1 N–H and O–H groups in total. The van der Waals surface area contributed by atoms with Crippen LogP contribution in [0.5, 0.6) is 0 Å². The Hall–Kier alpha value is -0.0400. The second kappa shape index (κ2) is 6.22. The summed E-state index contributed by atoms with van der Waals surface area (Å²) in [6.45, 7) is 14.2. The topological polar surface area (TPSA) is 12.0 Å². The molecule has 0 aliphatic heterocycles. The smallest absolute Gasteiger partial charge is 0.00722 e. The molecular formula is C16H33N. The van der Waals surface area contributed by atoms with Crippen molar-refractivity contribution in [1.82, 2.24) is 5.32 Å². The summed E-state index contributed by atoms with van der Waals surface area (Å²) in [6.07, 6.45) is 6.79. The van der Waals surface area contributed by atoms with E-state index in [1.54, 1.807) is 0 Å². The fraction of sp³-hybridized carbons (Fsp3) is 1.00. The normalized spacial score (nSPS) is 32.5. The Morgan fingerprint density at radius 2 is 1.76 bits per heavy atom. The molecule has 0 spiro atoms. The quantitative estimate of drug-likeness (QED) is 0.755. The Morgan fingerprint density at radius 3 is 2.29 bits per heavy atom. The minimum atomic E-state index is 0.476. The molecule has 0 heterocycles. The van der Waals surface area contributed by atoms with E-state index in [0.29, 0.717) is 11.5 Å². The molecule has 102 valence electrons. The molecule has 1 aliphatic rings. The number of rotatable bonds is 4. The summed E-state index contributed by atoms with van der Waals surface area (Å²) >= 11 is 0. The van der Waals surface area contributed by atoms with Gasteiger partial charge < -0.3 is 5.32 Å². The molecule has 0 bridgehead atoms. The zero-order chi connectivity index (χ0) is 13.1. The molecule has 0 amide bonds.